The number of benzene rings is 1. The van der Waals surface area contributed by atoms with E-state index in [4.69, 9.17) is 10.5 Å². The van der Waals surface area contributed by atoms with Crippen LogP contribution in [0, 0.1) is 6.92 Å². The number of aryl methyl sites for hydroxylation is 1. The molecule has 0 heterocycles. The van der Waals surface area contributed by atoms with E-state index in [1.165, 1.54) is 50.5 Å². The van der Waals surface area contributed by atoms with Crippen LogP contribution in [0.4, 0.5) is 0 Å². The summed E-state index contributed by atoms with van der Waals surface area (Å²) in [7, 11) is 0. The standard InChI is InChI=1S/C18H31NO/c1-3-4-5-6-7-8-9-10-13-20-18-14-17(15-19)12-11-16(18)2/h11-12,14H,3-10,13,15,19H2,1-2H3. The van der Waals surface area contributed by atoms with E-state index in [0.717, 1.165) is 24.3 Å². The first-order chi connectivity index (χ1) is 9.77. The van der Waals surface area contributed by atoms with Crippen molar-refractivity contribution in [3.63, 3.8) is 0 Å². The van der Waals surface area contributed by atoms with Crippen LogP contribution in [0.3, 0.4) is 0 Å². The first kappa shape index (κ1) is 17.0. The molecule has 0 aliphatic carbocycles. The predicted octanol–water partition coefficient (Wildman–Crippen LogP) is 4.97. The van der Waals surface area contributed by atoms with Gasteiger partial charge in [-0.3, -0.25) is 0 Å². The van der Waals surface area contributed by atoms with Crippen LogP contribution >= 0.6 is 0 Å². The van der Waals surface area contributed by atoms with Crippen LogP contribution in [0.2, 0.25) is 0 Å². The Morgan fingerprint density at radius 1 is 0.950 bits per heavy atom. The highest BCUT2D eigenvalue weighted by Crippen LogP contribution is 2.20. The zero-order chi connectivity index (χ0) is 14.6. The van der Waals surface area contributed by atoms with Crippen molar-refractivity contribution in [3.05, 3.63) is 29.3 Å². The van der Waals surface area contributed by atoms with Crippen LogP contribution in [0.15, 0.2) is 18.2 Å². The van der Waals surface area contributed by atoms with Gasteiger partial charge in [0.25, 0.3) is 0 Å². The Labute approximate surface area is 124 Å². The predicted molar refractivity (Wildman–Crippen MR) is 87.2 cm³/mol. The fraction of sp³-hybridized carbons (Fsp3) is 0.667. The smallest absolute Gasteiger partial charge is 0.122 e. The lowest BCUT2D eigenvalue weighted by molar-refractivity contribution is 0.302. The van der Waals surface area contributed by atoms with Gasteiger partial charge in [-0.15, -0.1) is 0 Å². The quantitative estimate of drug-likeness (QED) is 0.579. The highest BCUT2D eigenvalue weighted by molar-refractivity contribution is 5.36. The minimum absolute atomic E-state index is 0.578. The summed E-state index contributed by atoms with van der Waals surface area (Å²) in [6, 6.07) is 6.23. The summed E-state index contributed by atoms with van der Waals surface area (Å²) in [5.74, 6) is 0.996. The molecule has 114 valence electrons. The third kappa shape index (κ3) is 6.95. The van der Waals surface area contributed by atoms with Crippen molar-refractivity contribution in [2.75, 3.05) is 6.61 Å². The second kappa shape index (κ2) is 10.7. The molecule has 0 atom stereocenters. The van der Waals surface area contributed by atoms with Gasteiger partial charge in [0.1, 0.15) is 5.75 Å². The molecule has 2 nitrogen and oxygen atoms in total. The van der Waals surface area contributed by atoms with Crippen molar-refractivity contribution < 1.29 is 4.74 Å². The molecule has 0 aromatic heterocycles. The van der Waals surface area contributed by atoms with Crippen molar-refractivity contribution in [2.45, 2.75) is 71.8 Å². The molecule has 0 amide bonds. The number of ether oxygens (including phenoxy) is 1. The number of hydrogen-bond donors (Lipinski definition) is 1. The molecule has 0 spiro atoms. The molecule has 0 radical (unpaired) electrons. The van der Waals surface area contributed by atoms with Crippen LogP contribution in [0.25, 0.3) is 0 Å². The normalized spacial score (nSPS) is 10.8. The minimum atomic E-state index is 0.578. The molecule has 20 heavy (non-hydrogen) atoms. The van der Waals surface area contributed by atoms with E-state index >= 15 is 0 Å². The highest BCUT2D eigenvalue weighted by atomic mass is 16.5. The van der Waals surface area contributed by atoms with Crippen LogP contribution in [-0.4, -0.2) is 6.61 Å². The molecule has 0 saturated carbocycles. The third-order valence-corrected chi connectivity index (χ3v) is 3.74. The van der Waals surface area contributed by atoms with E-state index in [1.54, 1.807) is 0 Å². The molecule has 0 unspecified atom stereocenters. The molecule has 0 saturated heterocycles. The van der Waals surface area contributed by atoms with E-state index in [2.05, 4.69) is 32.0 Å². The highest BCUT2D eigenvalue weighted by Gasteiger charge is 2.01. The molecular weight excluding hydrogens is 246 g/mol. The van der Waals surface area contributed by atoms with Gasteiger partial charge in [-0.25, -0.2) is 0 Å². The van der Waals surface area contributed by atoms with Gasteiger partial charge in [-0.1, -0.05) is 64.0 Å². The second-order valence-electron chi connectivity index (χ2n) is 5.63. The fourth-order valence-electron chi connectivity index (χ4n) is 2.35. The first-order valence-electron chi connectivity index (χ1n) is 8.20. The lowest BCUT2D eigenvalue weighted by Crippen LogP contribution is -2.01. The van der Waals surface area contributed by atoms with Crippen LogP contribution < -0.4 is 10.5 Å². The lowest BCUT2D eigenvalue weighted by Gasteiger charge is -2.10. The monoisotopic (exact) mass is 277 g/mol. The van der Waals surface area contributed by atoms with Gasteiger partial charge in [0.2, 0.25) is 0 Å². The summed E-state index contributed by atoms with van der Waals surface area (Å²) in [5.41, 5.74) is 7.99. The van der Waals surface area contributed by atoms with E-state index in [9.17, 15) is 0 Å². The molecule has 0 aliphatic heterocycles. The fourth-order valence-corrected chi connectivity index (χ4v) is 2.35. The van der Waals surface area contributed by atoms with Gasteiger partial charge in [0.05, 0.1) is 6.61 Å². The number of rotatable bonds is 11. The molecule has 1 aromatic rings. The first-order valence-corrected chi connectivity index (χ1v) is 8.20. The Bertz CT molecular complexity index is 362. The van der Waals surface area contributed by atoms with Crippen LogP contribution in [0.5, 0.6) is 5.75 Å². The number of hydrogen-bond acceptors (Lipinski definition) is 2. The maximum Gasteiger partial charge on any atom is 0.122 e. The Morgan fingerprint density at radius 2 is 1.60 bits per heavy atom. The van der Waals surface area contributed by atoms with Gasteiger partial charge in [0, 0.05) is 6.54 Å². The average molecular weight is 277 g/mol. The zero-order valence-electron chi connectivity index (χ0n) is 13.3. The number of nitrogens with two attached hydrogens (primary N) is 1. The summed E-state index contributed by atoms with van der Waals surface area (Å²) < 4.78 is 5.87. The van der Waals surface area contributed by atoms with E-state index < -0.39 is 0 Å². The topological polar surface area (TPSA) is 35.2 Å². The summed E-state index contributed by atoms with van der Waals surface area (Å²) >= 11 is 0. The van der Waals surface area contributed by atoms with Crippen LogP contribution in [-0.2, 0) is 6.54 Å². The Kier molecular flexibility index (Phi) is 9.14. The lowest BCUT2D eigenvalue weighted by atomic mass is 10.1. The zero-order valence-corrected chi connectivity index (χ0v) is 13.3. The largest absolute Gasteiger partial charge is 0.493 e. The van der Waals surface area contributed by atoms with E-state index in [1.807, 2.05) is 0 Å². The molecule has 2 N–H and O–H groups in total. The maximum absolute atomic E-state index is 5.87. The average Bonchev–Trinajstić information content (AvgIpc) is 2.47. The van der Waals surface area contributed by atoms with Crippen molar-refractivity contribution in [2.24, 2.45) is 5.73 Å². The van der Waals surface area contributed by atoms with Gasteiger partial charge < -0.3 is 10.5 Å². The van der Waals surface area contributed by atoms with E-state index in [-0.39, 0.29) is 0 Å². The van der Waals surface area contributed by atoms with E-state index in [0.29, 0.717) is 6.54 Å². The van der Waals surface area contributed by atoms with Gasteiger partial charge in [-0.05, 0) is 30.5 Å². The molecule has 0 fully saturated rings. The van der Waals surface area contributed by atoms with Crippen molar-refractivity contribution in [1.82, 2.24) is 0 Å². The third-order valence-electron chi connectivity index (χ3n) is 3.74. The Morgan fingerprint density at radius 3 is 2.25 bits per heavy atom. The molecule has 1 aromatic carbocycles. The minimum Gasteiger partial charge on any atom is -0.493 e. The van der Waals surface area contributed by atoms with Crippen LogP contribution in [0.1, 0.15) is 69.4 Å². The van der Waals surface area contributed by atoms with Gasteiger partial charge in [-0.2, -0.15) is 0 Å². The Hall–Kier alpha value is -1.02. The van der Waals surface area contributed by atoms with Gasteiger partial charge >= 0.3 is 0 Å². The van der Waals surface area contributed by atoms with Crippen molar-refractivity contribution in [3.8, 4) is 5.75 Å². The molecule has 2 heteroatoms. The number of unbranched alkanes of at least 4 members (excludes halogenated alkanes) is 7. The van der Waals surface area contributed by atoms with Gasteiger partial charge in [0.15, 0.2) is 0 Å². The molecule has 1 rings (SSSR count). The Balaban J connectivity index is 2.09. The summed E-state index contributed by atoms with van der Waals surface area (Å²) in [4.78, 5) is 0. The summed E-state index contributed by atoms with van der Waals surface area (Å²) in [6.45, 7) is 5.75. The molecule has 0 aliphatic rings. The summed E-state index contributed by atoms with van der Waals surface area (Å²) in [5, 5.41) is 0. The summed E-state index contributed by atoms with van der Waals surface area (Å²) in [6.07, 6.45) is 10.7. The molecule has 0 bridgehead atoms. The second-order valence-corrected chi connectivity index (χ2v) is 5.63. The maximum atomic E-state index is 5.87. The molecular formula is C18H31NO. The SMILES string of the molecule is CCCCCCCCCCOc1cc(CN)ccc1C. The van der Waals surface area contributed by atoms with Crippen molar-refractivity contribution >= 4 is 0 Å². The van der Waals surface area contributed by atoms with Crippen molar-refractivity contribution in [1.29, 1.82) is 0 Å².